The van der Waals surface area contributed by atoms with Crippen molar-refractivity contribution in [2.24, 2.45) is 7.05 Å². The molecule has 1 N–H and O–H groups in total. The van der Waals surface area contributed by atoms with Crippen molar-refractivity contribution in [3.05, 3.63) is 54.0 Å². The Labute approximate surface area is 206 Å². The van der Waals surface area contributed by atoms with Gasteiger partial charge in [0.2, 0.25) is 0 Å². The number of aromatic carboxylic acids is 1. The van der Waals surface area contributed by atoms with Crippen molar-refractivity contribution < 1.29 is 28.8 Å². The summed E-state index contributed by atoms with van der Waals surface area (Å²) in [6, 6.07) is 8.80. The van der Waals surface area contributed by atoms with Crippen molar-refractivity contribution in [3.63, 3.8) is 0 Å². The van der Waals surface area contributed by atoms with Gasteiger partial charge in [-0.1, -0.05) is 17.8 Å². The number of thioether (sulfide) groups is 1. The first-order valence-electron chi connectivity index (χ1n) is 10.6. The zero-order valence-electron chi connectivity index (χ0n) is 20.0. The first-order valence-corrected chi connectivity index (χ1v) is 11.5. The highest BCUT2D eigenvalue weighted by atomic mass is 32.2. The number of hydrogen-bond acceptors (Lipinski definition) is 8. The number of nitrogens with zero attached hydrogens (tertiary/aromatic N) is 3. The molecule has 2 heterocycles. The van der Waals surface area contributed by atoms with Crippen molar-refractivity contribution in [1.82, 2.24) is 14.5 Å². The number of aryl methyl sites for hydroxylation is 1. The van der Waals surface area contributed by atoms with E-state index in [9.17, 15) is 9.90 Å². The molecule has 0 aliphatic carbocycles. The lowest BCUT2D eigenvalue weighted by Gasteiger charge is -2.18. The molecule has 0 saturated carbocycles. The minimum absolute atomic E-state index is 0.0960. The van der Waals surface area contributed by atoms with Gasteiger partial charge < -0.3 is 28.6 Å². The monoisotopic (exact) mass is 495 g/mol. The molecule has 0 amide bonds. The van der Waals surface area contributed by atoms with E-state index in [1.165, 1.54) is 26.0 Å². The van der Waals surface area contributed by atoms with Crippen LogP contribution in [0.3, 0.4) is 0 Å². The van der Waals surface area contributed by atoms with E-state index in [0.29, 0.717) is 56.5 Å². The summed E-state index contributed by atoms with van der Waals surface area (Å²) in [5.41, 5.74) is 2.23. The Morgan fingerprint density at radius 3 is 2.23 bits per heavy atom. The Morgan fingerprint density at radius 1 is 0.971 bits per heavy atom. The number of pyridine rings is 1. The summed E-state index contributed by atoms with van der Waals surface area (Å²) >= 11 is 1.41. The maximum Gasteiger partial charge on any atom is 0.338 e. The normalized spacial score (nSPS) is 10.9. The quantitative estimate of drug-likeness (QED) is 0.332. The van der Waals surface area contributed by atoms with E-state index in [0.717, 1.165) is 5.16 Å². The van der Waals surface area contributed by atoms with E-state index < -0.39 is 5.97 Å². The van der Waals surface area contributed by atoms with Gasteiger partial charge in [0.25, 0.3) is 0 Å². The van der Waals surface area contributed by atoms with Crippen LogP contribution in [0, 0.1) is 0 Å². The minimum atomic E-state index is -1.09. The molecule has 4 aromatic rings. The lowest BCUT2D eigenvalue weighted by Crippen LogP contribution is -2.09. The van der Waals surface area contributed by atoms with Crippen LogP contribution in [0.5, 0.6) is 23.0 Å². The fourth-order valence-corrected chi connectivity index (χ4v) is 4.77. The van der Waals surface area contributed by atoms with Gasteiger partial charge in [-0.05, 0) is 23.8 Å². The van der Waals surface area contributed by atoms with Gasteiger partial charge >= 0.3 is 5.97 Å². The highest BCUT2D eigenvalue weighted by Gasteiger charge is 2.25. The van der Waals surface area contributed by atoms with E-state index in [-0.39, 0.29) is 5.56 Å². The summed E-state index contributed by atoms with van der Waals surface area (Å²) < 4.78 is 23.7. The molecule has 2 aromatic carbocycles. The standard InChI is InChI=1S/C25H25N3O6S/c1-28-9-8-26-25(28)35-13-17-23(24(29)30)22(14-6-7-18(31-2)19(10-14)32-3)15-11-20(33-4)21(34-5)12-16(15)27-17/h6-12H,13H2,1-5H3,(H,29,30). The molecule has 0 saturated heterocycles. The van der Waals surface area contributed by atoms with Crippen LogP contribution >= 0.6 is 11.8 Å². The number of aromatic nitrogens is 3. The first-order chi connectivity index (χ1) is 16.9. The van der Waals surface area contributed by atoms with Crippen molar-refractivity contribution in [2.75, 3.05) is 28.4 Å². The molecule has 0 aliphatic rings. The zero-order chi connectivity index (χ0) is 25.1. The second kappa shape index (κ2) is 10.1. The number of rotatable bonds is 9. The van der Waals surface area contributed by atoms with Crippen molar-refractivity contribution in [1.29, 1.82) is 0 Å². The molecule has 0 fully saturated rings. The topological polar surface area (TPSA) is 105 Å². The molecule has 10 heteroatoms. The third-order valence-electron chi connectivity index (χ3n) is 5.57. The van der Waals surface area contributed by atoms with Crippen LogP contribution < -0.4 is 18.9 Å². The van der Waals surface area contributed by atoms with Crippen LogP contribution in [0.2, 0.25) is 0 Å². The molecule has 0 spiro atoms. The van der Waals surface area contributed by atoms with E-state index in [1.807, 2.05) is 17.8 Å². The van der Waals surface area contributed by atoms with Gasteiger partial charge in [0.15, 0.2) is 28.2 Å². The summed E-state index contributed by atoms with van der Waals surface area (Å²) in [7, 11) is 8.04. The summed E-state index contributed by atoms with van der Waals surface area (Å²) in [5, 5.41) is 11.7. The molecule has 0 aliphatic heterocycles. The van der Waals surface area contributed by atoms with Gasteiger partial charge in [0.05, 0.1) is 45.2 Å². The van der Waals surface area contributed by atoms with Crippen LogP contribution in [-0.2, 0) is 12.8 Å². The number of imidazole rings is 1. The van der Waals surface area contributed by atoms with E-state index in [4.69, 9.17) is 23.9 Å². The van der Waals surface area contributed by atoms with E-state index in [1.54, 1.807) is 50.7 Å². The molecule has 0 bridgehead atoms. The highest BCUT2D eigenvalue weighted by molar-refractivity contribution is 7.98. The molecule has 4 rings (SSSR count). The Bertz CT molecular complexity index is 1400. The summed E-state index contributed by atoms with van der Waals surface area (Å²) in [6.45, 7) is 0. The average molecular weight is 496 g/mol. The maximum absolute atomic E-state index is 12.7. The Balaban J connectivity index is 2.02. The average Bonchev–Trinajstić information content (AvgIpc) is 3.29. The lowest BCUT2D eigenvalue weighted by molar-refractivity contribution is 0.0696. The highest BCUT2D eigenvalue weighted by Crippen LogP contribution is 2.42. The lowest BCUT2D eigenvalue weighted by atomic mass is 9.93. The van der Waals surface area contributed by atoms with Crippen LogP contribution in [0.1, 0.15) is 16.1 Å². The predicted molar refractivity (Wildman–Crippen MR) is 133 cm³/mol. The van der Waals surface area contributed by atoms with Gasteiger partial charge in [-0.25, -0.2) is 9.78 Å². The number of benzene rings is 2. The minimum Gasteiger partial charge on any atom is -0.493 e. The van der Waals surface area contributed by atoms with E-state index in [2.05, 4.69) is 4.98 Å². The number of carboxylic acid groups (broad SMARTS) is 1. The number of carbonyl (C=O) groups is 1. The molecule has 0 atom stereocenters. The molecule has 9 nitrogen and oxygen atoms in total. The Hall–Kier alpha value is -3.92. The van der Waals surface area contributed by atoms with Gasteiger partial charge in [-0.3, -0.25) is 4.98 Å². The molecule has 0 unspecified atom stereocenters. The maximum atomic E-state index is 12.7. The zero-order valence-corrected chi connectivity index (χ0v) is 20.8. The first kappa shape index (κ1) is 24.2. The van der Waals surface area contributed by atoms with Gasteiger partial charge in [0, 0.05) is 42.2 Å². The number of hydrogen-bond donors (Lipinski definition) is 1. The Morgan fingerprint density at radius 2 is 1.63 bits per heavy atom. The largest absolute Gasteiger partial charge is 0.493 e. The van der Waals surface area contributed by atoms with Crippen LogP contribution in [0.15, 0.2) is 47.9 Å². The molecule has 35 heavy (non-hydrogen) atoms. The number of ether oxygens (including phenoxy) is 4. The fraction of sp³-hybridized carbons (Fsp3) is 0.240. The van der Waals surface area contributed by atoms with Gasteiger partial charge in [-0.15, -0.1) is 0 Å². The SMILES string of the molecule is COc1ccc(-c2c(C(=O)O)c(CSc3nccn3C)nc3cc(OC)c(OC)cc23)cc1OC. The van der Waals surface area contributed by atoms with Crippen LogP contribution in [-0.4, -0.2) is 54.1 Å². The molecule has 182 valence electrons. The van der Waals surface area contributed by atoms with Crippen LogP contribution in [0.25, 0.3) is 22.0 Å². The van der Waals surface area contributed by atoms with Crippen molar-refractivity contribution in [3.8, 4) is 34.1 Å². The van der Waals surface area contributed by atoms with E-state index >= 15 is 0 Å². The Kier molecular flexibility index (Phi) is 7.02. The molecule has 2 aromatic heterocycles. The third kappa shape index (κ3) is 4.57. The number of methoxy groups -OCH3 is 4. The second-order valence-electron chi connectivity index (χ2n) is 7.52. The third-order valence-corrected chi connectivity index (χ3v) is 6.64. The summed E-state index contributed by atoms with van der Waals surface area (Å²) in [4.78, 5) is 21.7. The van der Waals surface area contributed by atoms with Gasteiger partial charge in [-0.2, -0.15) is 0 Å². The number of carboxylic acids is 1. The van der Waals surface area contributed by atoms with Crippen molar-refractivity contribution >= 4 is 28.6 Å². The summed E-state index contributed by atoms with van der Waals surface area (Å²) in [5.74, 6) is 1.20. The predicted octanol–water partition coefficient (Wildman–Crippen LogP) is 4.66. The molecular weight excluding hydrogens is 470 g/mol. The van der Waals surface area contributed by atoms with Crippen molar-refractivity contribution in [2.45, 2.75) is 10.9 Å². The van der Waals surface area contributed by atoms with Crippen LogP contribution in [0.4, 0.5) is 0 Å². The molecular formula is C25H25N3O6S. The molecule has 0 radical (unpaired) electrons. The van der Waals surface area contributed by atoms with Gasteiger partial charge in [0.1, 0.15) is 0 Å². The second-order valence-corrected chi connectivity index (χ2v) is 8.46. The summed E-state index contributed by atoms with van der Waals surface area (Å²) in [6.07, 6.45) is 3.53. The smallest absolute Gasteiger partial charge is 0.338 e. The fourth-order valence-electron chi connectivity index (χ4n) is 3.89. The number of fused-ring (bicyclic) bond motifs is 1.